The number of anilines is 3. The van der Waals surface area contributed by atoms with Crippen molar-refractivity contribution in [2.24, 2.45) is 0 Å². The number of carbonyl (C=O) groups is 1. The van der Waals surface area contributed by atoms with Crippen molar-refractivity contribution in [2.45, 2.75) is 63.6 Å². The van der Waals surface area contributed by atoms with Crippen LogP contribution in [-0.2, 0) is 0 Å². The Hall–Kier alpha value is -2.97. The van der Waals surface area contributed by atoms with Crippen molar-refractivity contribution < 1.29 is 14.0 Å². The maximum absolute atomic E-state index is 12.2. The molecule has 2 aromatic carbocycles. The number of nitrogens with zero attached hydrogens (tertiary/aromatic N) is 3. The fourth-order valence-corrected chi connectivity index (χ4v) is 7.08. The Bertz CT molecular complexity index is 1140. The van der Waals surface area contributed by atoms with Crippen molar-refractivity contribution >= 4 is 23.0 Å². The molecule has 2 unspecified atom stereocenters. The van der Waals surface area contributed by atoms with Crippen LogP contribution in [-0.4, -0.2) is 94.5 Å². The van der Waals surface area contributed by atoms with Gasteiger partial charge in [-0.15, -0.1) is 0 Å². The van der Waals surface area contributed by atoms with Gasteiger partial charge in [0.25, 0.3) is 5.91 Å². The van der Waals surface area contributed by atoms with Crippen LogP contribution in [0, 0.1) is 0 Å². The standard InChI is InChI=1S/C33H50N6O2/c1-34-33(40)26-11-10-12-27(23-26)35-28-15-22-39(20-8-6-4-5-7-9-21-39)32(24-28)36-30-14-13-29(25-31(30)41-3)38-18-16-37(2)17-19-38/h10-14,23,25,28,32,35-36H,4-9,15-22,24H2,1-3H3/p+1. The van der Waals surface area contributed by atoms with Gasteiger partial charge in [-0.3, -0.25) is 4.79 Å². The number of nitrogens with one attached hydrogen (secondary N) is 3. The fraction of sp³-hybridized carbons (Fsp3) is 0.606. The molecule has 0 aromatic heterocycles. The second kappa shape index (κ2) is 13.8. The predicted octanol–water partition coefficient (Wildman–Crippen LogP) is 4.99. The highest BCUT2D eigenvalue weighted by Gasteiger charge is 2.42. The molecule has 3 aliphatic rings. The number of quaternary nitrogens is 1. The highest BCUT2D eigenvalue weighted by atomic mass is 16.5. The summed E-state index contributed by atoms with van der Waals surface area (Å²) in [4.78, 5) is 17.1. The van der Waals surface area contributed by atoms with E-state index in [1.165, 1.54) is 57.3 Å². The van der Waals surface area contributed by atoms with Crippen molar-refractivity contribution in [3.63, 3.8) is 0 Å². The van der Waals surface area contributed by atoms with Gasteiger partial charge in [-0.2, -0.15) is 0 Å². The molecular weight excluding hydrogens is 512 g/mol. The molecule has 2 aromatic rings. The summed E-state index contributed by atoms with van der Waals surface area (Å²) < 4.78 is 7.13. The number of methoxy groups -OCH3 is 1. The highest BCUT2D eigenvalue weighted by Crippen LogP contribution is 2.36. The Balaban J connectivity index is 1.37. The summed E-state index contributed by atoms with van der Waals surface area (Å²) in [6.07, 6.45) is 10.4. The van der Waals surface area contributed by atoms with E-state index in [-0.39, 0.29) is 5.91 Å². The maximum Gasteiger partial charge on any atom is 0.251 e. The second-order valence-electron chi connectivity index (χ2n) is 12.4. The Labute approximate surface area is 247 Å². The second-order valence-corrected chi connectivity index (χ2v) is 12.4. The minimum absolute atomic E-state index is 0.0508. The van der Waals surface area contributed by atoms with Crippen LogP contribution in [0.3, 0.4) is 0 Å². The molecule has 224 valence electrons. The quantitative estimate of drug-likeness (QED) is 0.413. The molecule has 3 aliphatic heterocycles. The third-order valence-corrected chi connectivity index (χ3v) is 9.65. The number of carbonyl (C=O) groups excluding carboxylic acids is 1. The molecule has 8 heteroatoms. The monoisotopic (exact) mass is 563 g/mol. The number of rotatable bonds is 7. The van der Waals surface area contributed by atoms with Gasteiger partial charge < -0.3 is 35.0 Å². The summed E-state index contributed by atoms with van der Waals surface area (Å²) in [6.45, 7) is 7.89. The van der Waals surface area contributed by atoms with Crippen molar-refractivity contribution in [3.05, 3.63) is 48.0 Å². The molecular formula is C33H51N6O2+. The number of ether oxygens (including phenoxy) is 1. The molecule has 5 rings (SSSR count). The molecule has 3 N–H and O–H groups in total. The number of piperidine rings is 1. The molecule has 3 fully saturated rings. The van der Waals surface area contributed by atoms with E-state index < -0.39 is 0 Å². The van der Waals surface area contributed by atoms with Crippen molar-refractivity contribution in [1.29, 1.82) is 0 Å². The number of likely N-dealkylation sites (N-methyl/N-ethyl adjacent to an activating group) is 1. The molecule has 3 heterocycles. The number of piperazine rings is 1. The molecule has 1 amide bonds. The number of hydrogen-bond acceptors (Lipinski definition) is 6. The van der Waals surface area contributed by atoms with Crippen molar-refractivity contribution in [1.82, 2.24) is 10.2 Å². The Morgan fingerprint density at radius 3 is 2.34 bits per heavy atom. The van der Waals surface area contributed by atoms with Gasteiger partial charge >= 0.3 is 0 Å². The van der Waals surface area contributed by atoms with E-state index in [1.807, 2.05) is 18.2 Å². The van der Waals surface area contributed by atoms with Crippen LogP contribution < -0.4 is 25.6 Å². The number of benzene rings is 2. The normalized spacial score (nSPS) is 23.6. The summed E-state index contributed by atoms with van der Waals surface area (Å²) in [6, 6.07) is 14.9. The van der Waals surface area contributed by atoms with E-state index in [1.54, 1.807) is 14.2 Å². The van der Waals surface area contributed by atoms with E-state index in [0.29, 0.717) is 17.8 Å². The van der Waals surface area contributed by atoms with Gasteiger partial charge in [0, 0.05) is 75.1 Å². The third kappa shape index (κ3) is 7.28. The van der Waals surface area contributed by atoms with Crippen LogP contribution >= 0.6 is 0 Å². The van der Waals surface area contributed by atoms with Gasteiger partial charge in [-0.25, -0.2) is 0 Å². The molecule has 0 bridgehead atoms. The van der Waals surface area contributed by atoms with Crippen molar-refractivity contribution in [3.8, 4) is 5.75 Å². The first-order chi connectivity index (χ1) is 20.0. The largest absolute Gasteiger partial charge is 0.495 e. The minimum atomic E-state index is -0.0508. The van der Waals surface area contributed by atoms with E-state index >= 15 is 0 Å². The van der Waals surface area contributed by atoms with Crippen LogP contribution in [0.15, 0.2) is 42.5 Å². The van der Waals surface area contributed by atoms with Gasteiger partial charge in [0.1, 0.15) is 5.75 Å². The van der Waals surface area contributed by atoms with Crippen LogP contribution in [0.5, 0.6) is 5.75 Å². The van der Waals surface area contributed by atoms with Crippen LogP contribution in [0.25, 0.3) is 0 Å². The summed E-state index contributed by atoms with van der Waals surface area (Å²) in [7, 11) is 5.67. The predicted molar refractivity (Wildman–Crippen MR) is 169 cm³/mol. The first-order valence-electron chi connectivity index (χ1n) is 15.8. The fourth-order valence-electron chi connectivity index (χ4n) is 7.08. The van der Waals surface area contributed by atoms with E-state index in [2.05, 4.69) is 57.1 Å². The first-order valence-corrected chi connectivity index (χ1v) is 15.8. The molecule has 0 aliphatic carbocycles. The Morgan fingerprint density at radius 2 is 1.63 bits per heavy atom. The summed E-state index contributed by atoms with van der Waals surface area (Å²) in [5.41, 5.74) is 4.04. The van der Waals surface area contributed by atoms with Crippen LogP contribution in [0.4, 0.5) is 17.1 Å². The van der Waals surface area contributed by atoms with Crippen LogP contribution in [0.1, 0.15) is 61.7 Å². The molecule has 1 spiro atoms. The molecule has 2 atom stereocenters. The molecule has 3 saturated heterocycles. The van der Waals surface area contributed by atoms with E-state index in [0.717, 1.165) is 67.2 Å². The molecule has 8 nitrogen and oxygen atoms in total. The molecule has 0 radical (unpaired) electrons. The van der Waals surface area contributed by atoms with Gasteiger partial charge in [-0.05, 0) is 63.1 Å². The Kier molecular flexibility index (Phi) is 9.93. The lowest BCUT2D eigenvalue weighted by Gasteiger charge is -2.50. The summed E-state index contributed by atoms with van der Waals surface area (Å²) >= 11 is 0. The zero-order chi connectivity index (χ0) is 28.7. The third-order valence-electron chi connectivity index (χ3n) is 9.65. The summed E-state index contributed by atoms with van der Waals surface area (Å²) in [5.74, 6) is 0.877. The zero-order valence-electron chi connectivity index (χ0n) is 25.5. The van der Waals surface area contributed by atoms with Gasteiger partial charge in [-0.1, -0.05) is 18.9 Å². The lowest BCUT2D eigenvalue weighted by Crippen LogP contribution is -2.64. The zero-order valence-corrected chi connectivity index (χ0v) is 25.5. The number of amides is 1. The molecule has 0 saturated carbocycles. The first kappa shape index (κ1) is 29.5. The number of hydrogen-bond donors (Lipinski definition) is 3. The topological polar surface area (TPSA) is 68.9 Å². The van der Waals surface area contributed by atoms with Crippen molar-refractivity contribution in [2.75, 3.05) is 82.6 Å². The highest BCUT2D eigenvalue weighted by molar-refractivity contribution is 5.94. The van der Waals surface area contributed by atoms with E-state index in [9.17, 15) is 4.79 Å². The van der Waals surface area contributed by atoms with Gasteiger partial charge in [0.2, 0.25) is 0 Å². The van der Waals surface area contributed by atoms with Gasteiger partial charge in [0.15, 0.2) is 6.17 Å². The Morgan fingerprint density at radius 1 is 0.902 bits per heavy atom. The maximum atomic E-state index is 12.2. The molecule has 41 heavy (non-hydrogen) atoms. The summed E-state index contributed by atoms with van der Waals surface area (Å²) in [5, 5.41) is 10.6. The average Bonchev–Trinajstić information content (AvgIpc) is 3.12. The smallest absolute Gasteiger partial charge is 0.251 e. The minimum Gasteiger partial charge on any atom is -0.495 e. The lowest BCUT2D eigenvalue weighted by atomic mass is 9.96. The van der Waals surface area contributed by atoms with E-state index in [4.69, 9.17) is 4.74 Å². The van der Waals surface area contributed by atoms with Gasteiger partial charge in [0.05, 0.1) is 32.4 Å². The SMILES string of the molecule is CNC(=O)c1cccc(NC2CC[N+]3(CCCCCCCC3)C(Nc3ccc(N4CCN(C)CC4)cc3OC)C2)c1. The average molecular weight is 564 g/mol. The van der Waals surface area contributed by atoms with Crippen LogP contribution in [0.2, 0.25) is 0 Å². The lowest BCUT2D eigenvalue weighted by molar-refractivity contribution is -0.952.